The first-order valence-electron chi connectivity index (χ1n) is 6.18. The first-order chi connectivity index (χ1) is 9.78. The Labute approximate surface area is 131 Å². The van der Waals surface area contributed by atoms with E-state index in [1.54, 1.807) is 35.6 Å². The third kappa shape index (κ3) is 8.48. The molecule has 0 fully saturated rings. The third-order valence-electron chi connectivity index (χ3n) is 2.57. The van der Waals surface area contributed by atoms with E-state index in [0.29, 0.717) is 0 Å². The lowest BCUT2D eigenvalue weighted by molar-refractivity contribution is -0.138. The summed E-state index contributed by atoms with van der Waals surface area (Å²) in [7, 11) is 0. The first kappa shape index (κ1) is 20.2. The third-order valence-corrected chi connectivity index (χ3v) is 2.57. The van der Waals surface area contributed by atoms with Gasteiger partial charge in [-0.2, -0.15) is 13.2 Å². The van der Waals surface area contributed by atoms with E-state index in [9.17, 15) is 22.8 Å². The van der Waals surface area contributed by atoms with E-state index in [0.717, 1.165) is 5.56 Å². The van der Waals surface area contributed by atoms with Crippen molar-refractivity contribution < 1.29 is 22.8 Å². The molecular formula is C13H17ClF3N3O2. The van der Waals surface area contributed by atoms with Gasteiger partial charge in [-0.15, -0.1) is 12.4 Å². The molecule has 0 aliphatic carbocycles. The molecule has 0 heterocycles. The predicted octanol–water partition coefficient (Wildman–Crippen LogP) is 1.29. The minimum atomic E-state index is -4.48. The minimum absolute atomic E-state index is 0. The molecule has 1 unspecified atom stereocenters. The van der Waals surface area contributed by atoms with Crippen LogP contribution in [0.15, 0.2) is 30.3 Å². The Hall–Kier alpha value is -1.80. The molecule has 0 spiro atoms. The van der Waals surface area contributed by atoms with Crippen molar-refractivity contribution in [3.8, 4) is 0 Å². The van der Waals surface area contributed by atoms with Crippen molar-refractivity contribution in [1.29, 1.82) is 0 Å². The molecule has 4 N–H and O–H groups in total. The molecule has 0 aliphatic rings. The Bertz CT molecular complexity index is 483. The SMILES string of the molecule is Cl.NC(CC(=O)NCC(=O)NCC(F)(F)F)c1ccccc1. The molecule has 1 aromatic rings. The number of alkyl halides is 3. The largest absolute Gasteiger partial charge is 0.405 e. The van der Waals surface area contributed by atoms with Crippen molar-refractivity contribution in [2.45, 2.75) is 18.6 Å². The fourth-order valence-corrected chi connectivity index (χ4v) is 1.53. The maximum absolute atomic E-state index is 11.9. The molecule has 0 saturated carbocycles. The molecule has 9 heteroatoms. The zero-order chi connectivity index (χ0) is 15.9. The molecular weight excluding hydrogens is 323 g/mol. The molecule has 0 saturated heterocycles. The van der Waals surface area contributed by atoms with Crippen LogP contribution in [0.1, 0.15) is 18.0 Å². The van der Waals surface area contributed by atoms with Crippen LogP contribution in [0.4, 0.5) is 13.2 Å². The molecule has 5 nitrogen and oxygen atoms in total. The Kier molecular flexibility index (Phi) is 8.51. The molecule has 0 aliphatic heterocycles. The normalized spacial score (nSPS) is 12.0. The van der Waals surface area contributed by atoms with Gasteiger partial charge in [0.15, 0.2) is 0 Å². The van der Waals surface area contributed by atoms with Gasteiger partial charge >= 0.3 is 6.18 Å². The molecule has 1 atom stereocenters. The fraction of sp³-hybridized carbons (Fsp3) is 0.385. The summed E-state index contributed by atoms with van der Waals surface area (Å²) >= 11 is 0. The highest BCUT2D eigenvalue weighted by atomic mass is 35.5. The molecule has 0 radical (unpaired) electrons. The number of carbonyl (C=O) groups excluding carboxylic acids is 2. The Morgan fingerprint density at radius 1 is 1.09 bits per heavy atom. The van der Waals surface area contributed by atoms with Crippen LogP contribution in [0.5, 0.6) is 0 Å². The standard InChI is InChI=1S/C13H16F3N3O2.ClH/c14-13(15,16)8-19-12(21)7-18-11(20)6-10(17)9-4-2-1-3-5-9;/h1-5,10H,6-8,17H2,(H,18,20)(H,19,21);1H. The van der Waals surface area contributed by atoms with Crippen molar-refractivity contribution in [1.82, 2.24) is 10.6 Å². The van der Waals surface area contributed by atoms with Crippen LogP contribution in [0.25, 0.3) is 0 Å². The summed E-state index contributed by atoms with van der Waals surface area (Å²) in [6.07, 6.45) is -4.54. The Morgan fingerprint density at radius 2 is 1.68 bits per heavy atom. The van der Waals surface area contributed by atoms with Crippen molar-refractivity contribution in [3.05, 3.63) is 35.9 Å². The van der Waals surface area contributed by atoms with Gasteiger partial charge in [0.2, 0.25) is 11.8 Å². The van der Waals surface area contributed by atoms with Gasteiger partial charge < -0.3 is 16.4 Å². The number of rotatable bonds is 6. The van der Waals surface area contributed by atoms with Crippen LogP contribution in [0.2, 0.25) is 0 Å². The maximum atomic E-state index is 11.9. The van der Waals surface area contributed by atoms with Gasteiger partial charge in [-0.25, -0.2) is 0 Å². The number of nitrogens with one attached hydrogen (secondary N) is 2. The van der Waals surface area contributed by atoms with Crippen LogP contribution >= 0.6 is 12.4 Å². The van der Waals surface area contributed by atoms with Crippen LogP contribution in [0.3, 0.4) is 0 Å². The summed E-state index contributed by atoms with van der Waals surface area (Å²) < 4.78 is 35.6. The van der Waals surface area contributed by atoms with E-state index in [4.69, 9.17) is 5.73 Å². The van der Waals surface area contributed by atoms with Crippen molar-refractivity contribution in [2.24, 2.45) is 5.73 Å². The first-order valence-corrected chi connectivity index (χ1v) is 6.18. The molecule has 1 rings (SSSR count). The molecule has 0 bridgehead atoms. The summed E-state index contributed by atoms with van der Waals surface area (Å²) in [5.74, 6) is -1.41. The fourth-order valence-electron chi connectivity index (χ4n) is 1.53. The van der Waals surface area contributed by atoms with E-state index >= 15 is 0 Å². The maximum Gasteiger partial charge on any atom is 0.405 e. The highest BCUT2D eigenvalue weighted by Gasteiger charge is 2.27. The molecule has 124 valence electrons. The van der Waals surface area contributed by atoms with E-state index in [2.05, 4.69) is 5.32 Å². The van der Waals surface area contributed by atoms with Gasteiger partial charge in [-0.3, -0.25) is 9.59 Å². The van der Waals surface area contributed by atoms with Gasteiger partial charge in [0.1, 0.15) is 6.54 Å². The highest BCUT2D eigenvalue weighted by Crippen LogP contribution is 2.13. The van der Waals surface area contributed by atoms with Crippen LogP contribution in [-0.4, -0.2) is 31.1 Å². The van der Waals surface area contributed by atoms with Crippen LogP contribution < -0.4 is 16.4 Å². The van der Waals surface area contributed by atoms with Crippen molar-refractivity contribution in [2.75, 3.05) is 13.1 Å². The van der Waals surface area contributed by atoms with Crippen LogP contribution in [-0.2, 0) is 9.59 Å². The summed E-state index contributed by atoms with van der Waals surface area (Å²) in [5, 5.41) is 3.87. The van der Waals surface area contributed by atoms with Gasteiger partial charge in [0.25, 0.3) is 0 Å². The number of halogens is 4. The van der Waals surface area contributed by atoms with Gasteiger partial charge in [0, 0.05) is 12.5 Å². The minimum Gasteiger partial charge on any atom is -0.347 e. The monoisotopic (exact) mass is 339 g/mol. The summed E-state index contributed by atoms with van der Waals surface area (Å²) in [6.45, 7) is -1.94. The van der Waals surface area contributed by atoms with Gasteiger partial charge in [-0.1, -0.05) is 30.3 Å². The topological polar surface area (TPSA) is 84.2 Å². The Balaban J connectivity index is 0.00000441. The average Bonchev–Trinajstić information content (AvgIpc) is 2.43. The lowest BCUT2D eigenvalue weighted by Crippen LogP contribution is -2.41. The number of nitrogens with two attached hydrogens (primary N) is 1. The quantitative estimate of drug-likeness (QED) is 0.730. The van der Waals surface area contributed by atoms with E-state index in [1.807, 2.05) is 0 Å². The van der Waals surface area contributed by atoms with E-state index in [-0.39, 0.29) is 18.8 Å². The number of hydrogen-bond acceptors (Lipinski definition) is 3. The second kappa shape index (κ2) is 9.26. The average molecular weight is 340 g/mol. The lowest BCUT2D eigenvalue weighted by atomic mass is 10.0. The van der Waals surface area contributed by atoms with Crippen LogP contribution in [0, 0.1) is 0 Å². The number of carbonyl (C=O) groups is 2. The molecule has 22 heavy (non-hydrogen) atoms. The summed E-state index contributed by atoms with van der Waals surface area (Å²) in [6, 6.07) is 8.34. The van der Waals surface area contributed by atoms with E-state index < -0.39 is 37.1 Å². The summed E-state index contributed by atoms with van der Waals surface area (Å²) in [5.41, 5.74) is 6.57. The van der Waals surface area contributed by atoms with Gasteiger partial charge in [0.05, 0.1) is 6.54 Å². The predicted molar refractivity (Wildman–Crippen MR) is 77.3 cm³/mol. The zero-order valence-corrected chi connectivity index (χ0v) is 12.3. The highest BCUT2D eigenvalue weighted by molar-refractivity contribution is 5.85. The molecule has 0 aromatic heterocycles. The van der Waals surface area contributed by atoms with Crippen molar-refractivity contribution >= 4 is 24.2 Å². The number of benzene rings is 1. The lowest BCUT2D eigenvalue weighted by Gasteiger charge is -2.12. The van der Waals surface area contributed by atoms with Crippen molar-refractivity contribution in [3.63, 3.8) is 0 Å². The smallest absolute Gasteiger partial charge is 0.347 e. The number of amides is 2. The zero-order valence-electron chi connectivity index (χ0n) is 11.5. The second-order valence-corrected chi connectivity index (χ2v) is 4.39. The Morgan fingerprint density at radius 3 is 2.23 bits per heavy atom. The molecule has 2 amide bonds. The van der Waals surface area contributed by atoms with Gasteiger partial charge in [-0.05, 0) is 5.56 Å². The number of hydrogen-bond donors (Lipinski definition) is 3. The summed E-state index contributed by atoms with van der Waals surface area (Å²) in [4.78, 5) is 22.6. The molecule has 1 aromatic carbocycles. The van der Waals surface area contributed by atoms with E-state index in [1.165, 1.54) is 0 Å². The second-order valence-electron chi connectivity index (χ2n) is 4.39.